The van der Waals surface area contributed by atoms with Crippen molar-refractivity contribution in [3.05, 3.63) is 52.7 Å². The highest BCUT2D eigenvalue weighted by Gasteiger charge is 2.20. The Hall–Kier alpha value is -3.03. The molecule has 158 valence electrons. The highest BCUT2D eigenvalue weighted by Crippen LogP contribution is 2.42. The number of hydrogen-bond acceptors (Lipinski definition) is 7. The van der Waals surface area contributed by atoms with Crippen molar-refractivity contribution in [3.8, 4) is 28.6 Å². The quantitative estimate of drug-likeness (QED) is 0.598. The summed E-state index contributed by atoms with van der Waals surface area (Å²) in [5.41, 5.74) is 0.687. The largest absolute Gasteiger partial charge is 0.504 e. The molecule has 1 saturated heterocycles. The van der Waals surface area contributed by atoms with Gasteiger partial charge in [0.15, 0.2) is 16.9 Å². The van der Waals surface area contributed by atoms with Crippen molar-refractivity contribution < 1.29 is 23.7 Å². The van der Waals surface area contributed by atoms with Crippen molar-refractivity contribution in [3.63, 3.8) is 0 Å². The molecule has 2 heterocycles. The van der Waals surface area contributed by atoms with E-state index in [1.807, 2.05) is 30.3 Å². The van der Waals surface area contributed by atoms with Gasteiger partial charge in [-0.05, 0) is 6.42 Å². The third-order valence-electron chi connectivity index (χ3n) is 5.16. The van der Waals surface area contributed by atoms with Gasteiger partial charge in [-0.1, -0.05) is 30.3 Å². The molecule has 0 radical (unpaired) electrons. The van der Waals surface area contributed by atoms with E-state index in [1.54, 1.807) is 6.07 Å². The molecule has 1 fully saturated rings. The molecule has 30 heavy (non-hydrogen) atoms. The smallest absolute Gasteiger partial charge is 0.204 e. The molecule has 1 aromatic heterocycles. The molecule has 0 amide bonds. The maximum atomic E-state index is 12.7. The molecule has 1 aliphatic rings. The zero-order chi connectivity index (χ0) is 20.9. The highest BCUT2D eigenvalue weighted by atomic mass is 16.5. The maximum Gasteiger partial charge on any atom is 0.204 e. The molecule has 0 saturated carbocycles. The van der Waals surface area contributed by atoms with Crippen LogP contribution in [0.3, 0.4) is 0 Å². The number of phenolic OH excluding ortho intramolecular Hbond substituents is 1. The summed E-state index contributed by atoms with van der Waals surface area (Å²) in [6.45, 7) is 4.72. The summed E-state index contributed by atoms with van der Waals surface area (Å²) in [6, 6.07) is 12.3. The normalized spacial score (nSPS) is 14.7. The van der Waals surface area contributed by atoms with E-state index in [0.717, 1.165) is 44.8 Å². The number of rotatable bonds is 7. The van der Waals surface area contributed by atoms with Gasteiger partial charge in [-0.2, -0.15) is 0 Å². The Morgan fingerprint density at radius 2 is 1.90 bits per heavy atom. The molecule has 4 rings (SSSR count). The van der Waals surface area contributed by atoms with Crippen molar-refractivity contribution in [1.82, 2.24) is 4.90 Å². The Morgan fingerprint density at radius 1 is 1.13 bits per heavy atom. The van der Waals surface area contributed by atoms with E-state index in [9.17, 15) is 9.90 Å². The SMILES string of the molecule is COc1c(OCCCN2CCOCC2)cc2oc(-c3ccccc3)cc(=O)c2c1O. The van der Waals surface area contributed by atoms with Crippen molar-refractivity contribution in [2.45, 2.75) is 6.42 Å². The van der Waals surface area contributed by atoms with Crippen LogP contribution >= 0.6 is 0 Å². The average molecular weight is 411 g/mol. The van der Waals surface area contributed by atoms with Gasteiger partial charge < -0.3 is 23.7 Å². The first-order valence-corrected chi connectivity index (χ1v) is 10.0. The number of hydrogen-bond donors (Lipinski definition) is 1. The fourth-order valence-electron chi connectivity index (χ4n) is 3.61. The number of benzene rings is 2. The Kier molecular flexibility index (Phi) is 6.21. The topological polar surface area (TPSA) is 81.4 Å². The minimum Gasteiger partial charge on any atom is -0.504 e. The van der Waals surface area contributed by atoms with Crippen LogP contribution in [0.15, 0.2) is 51.7 Å². The molecule has 0 bridgehead atoms. The van der Waals surface area contributed by atoms with E-state index < -0.39 is 0 Å². The van der Waals surface area contributed by atoms with Gasteiger partial charge in [-0.25, -0.2) is 0 Å². The summed E-state index contributed by atoms with van der Waals surface area (Å²) in [6.07, 6.45) is 0.815. The first kappa shape index (κ1) is 20.3. The van der Waals surface area contributed by atoms with Gasteiger partial charge in [0.1, 0.15) is 16.7 Å². The monoisotopic (exact) mass is 411 g/mol. The Balaban J connectivity index is 1.59. The van der Waals surface area contributed by atoms with Crippen molar-refractivity contribution in [2.75, 3.05) is 46.6 Å². The Morgan fingerprint density at radius 3 is 2.63 bits per heavy atom. The van der Waals surface area contributed by atoms with Crippen LogP contribution in [0.1, 0.15) is 6.42 Å². The molecule has 0 spiro atoms. The molecule has 2 aromatic carbocycles. The summed E-state index contributed by atoms with van der Waals surface area (Å²) < 4.78 is 22.5. The van der Waals surface area contributed by atoms with Crippen LogP contribution in [0.2, 0.25) is 0 Å². The number of phenols is 1. The summed E-state index contributed by atoms with van der Waals surface area (Å²) in [4.78, 5) is 15.0. The lowest BCUT2D eigenvalue weighted by atomic mass is 10.1. The van der Waals surface area contributed by atoms with Gasteiger partial charge in [0, 0.05) is 37.3 Å². The fraction of sp³-hybridized carbons (Fsp3) is 0.348. The van der Waals surface area contributed by atoms with Crippen molar-refractivity contribution in [2.24, 2.45) is 0 Å². The van der Waals surface area contributed by atoms with E-state index in [2.05, 4.69) is 4.90 Å². The Bertz CT molecular complexity index is 1060. The highest BCUT2D eigenvalue weighted by molar-refractivity contribution is 5.89. The van der Waals surface area contributed by atoms with E-state index in [1.165, 1.54) is 13.2 Å². The van der Waals surface area contributed by atoms with Gasteiger partial charge in [-0.3, -0.25) is 9.69 Å². The number of morpholine rings is 1. The standard InChI is InChI=1S/C23H25NO6/c1-27-23-20(29-11-5-8-24-9-12-28-13-10-24)15-19-21(22(23)26)17(25)14-18(30-19)16-6-3-2-4-7-16/h2-4,6-7,14-15,26H,5,8-13H2,1H3. The van der Waals surface area contributed by atoms with E-state index in [0.29, 0.717) is 18.1 Å². The summed E-state index contributed by atoms with van der Waals surface area (Å²) in [5.74, 6) is 0.633. The molecule has 7 nitrogen and oxygen atoms in total. The number of fused-ring (bicyclic) bond motifs is 1. The molecular formula is C23H25NO6. The number of ether oxygens (including phenoxy) is 3. The molecular weight excluding hydrogens is 386 g/mol. The first-order valence-electron chi connectivity index (χ1n) is 10.0. The van der Waals surface area contributed by atoms with E-state index in [-0.39, 0.29) is 27.9 Å². The zero-order valence-corrected chi connectivity index (χ0v) is 16.9. The van der Waals surface area contributed by atoms with Crippen molar-refractivity contribution in [1.29, 1.82) is 0 Å². The lowest BCUT2D eigenvalue weighted by Crippen LogP contribution is -2.37. The van der Waals surface area contributed by atoms with Gasteiger partial charge in [0.25, 0.3) is 0 Å². The second-order valence-electron chi connectivity index (χ2n) is 7.13. The minimum atomic E-state index is -0.343. The lowest BCUT2D eigenvalue weighted by Gasteiger charge is -2.26. The van der Waals surface area contributed by atoms with Crippen LogP contribution in [0.4, 0.5) is 0 Å². The van der Waals surface area contributed by atoms with Crippen molar-refractivity contribution >= 4 is 11.0 Å². The zero-order valence-electron chi connectivity index (χ0n) is 16.9. The second kappa shape index (κ2) is 9.19. The van der Waals surface area contributed by atoms with Gasteiger partial charge in [0.05, 0.1) is 26.9 Å². The number of aromatic hydroxyl groups is 1. The van der Waals surface area contributed by atoms with Crippen LogP contribution in [0.25, 0.3) is 22.3 Å². The second-order valence-corrected chi connectivity index (χ2v) is 7.13. The number of methoxy groups -OCH3 is 1. The van der Waals surface area contributed by atoms with Gasteiger partial charge in [0.2, 0.25) is 5.75 Å². The summed E-state index contributed by atoms with van der Waals surface area (Å²) in [7, 11) is 1.43. The third-order valence-corrected chi connectivity index (χ3v) is 5.16. The maximum absolute atomic E-state index is 12.7. The predicted octanol–water partition coefficient (Wildman–Crippen LogP) is 3.28. The first-order chi connectivity index (χ1) is 14.7. The third kappa shape index (κ3) is 4.27. The van der Waals surface area contributed by atoms with Gasteiger partial charge >= 0.3 is 0 Å². The lowest BCUT2D eigenvalue weighted by molar-refractivity contribution is 0.0357. The van der Waals surface area contributed by atoms with Crippen LogP contribution in [-0.2, 0) is 4.74 Å². The molecule has 3 aromatic rings. The van der Waals surface area contributed by atoms with Crippen LogP contribution in [0.5, 0.6) is 17.2 Å². The Labute approximate surface area is 174 Å². The number of nitrogens with zero attached hydrogens (tertiary/aromatic N) is 1. The fourth-order valence-corrected chi connectivity index (χ4v) is 3.61. The molecule has 1 aliphatic heterocycles. The molecule has 0 unspecified atom stereocenters. The minimum absolute atomic E-state index is 0.0761. The molecule has 0 atom stereocenters. The van der Waals surface area contributed by atoms with E-state index in [4.69, 9.17) is 18.6 Å². The van der Waals surface area contributed by atoms with Gasteiger partial charge in [-0.15, -0.1) is 0 Å². The predicted molar refractivity (Wildman–Crippen MR) is 114 cm³/mol. The van der Waals surface area contributed by atoms with E-state index >= 15 is 0 Å². The molecule has 0 aliphatic carbocycles. The van der Waals surface area contributed by atoms with Crippen LogP contribution in [0, 0.1) is 0 Å². The molecule has 7 heteroatoms. The van der Waals surface area contributed by atoms with Crippen LogP contribution < -0.4 is 14.9 Å². The summed E-state index contributed by atoms with van der Waals surface area (Å²) >= 11 is 0. The summed E-state index contributed by atoms with van der Waals surface area (Å²) in [5, 5.41) is 10.7. The molecule has 1 N–H and O–H groups in total. The average Bonchev–Trinajstić information content (AvgIpc) is 2.77. The van der Waals surface area contributed by atoms with Crippen LogP contribution in [-0.4, -0.2) is 56.6 Å².